The zero-order valence-corrected chi connectivity index (χ0v) is 14.7. The molecule has 2 aromatic rings. The minimum absolute atomic E-state index is 0.477. The molecule has 0 aliphatic carbocycles. The molecule has 118 valence electrons. The van der Waals surface area contributed by atoms with Gasteiger partial charge in [0.1, 0.15) is 5.75 Å². The smallest absolute Gasteiger partial charge is 0.164 e. The number of ether oxygens (including phenoxy) is 3. The Bertz CT molecular complexity index is 761. The van der Waals surface area contributed by atoms with Crippen LogP contribution in [0.2, 0.25) is 0 Å². The van der Waals surface area contributed by atoms with Crippen molar-refractivity contribution in [1.82, 2.24) is 0 Å². The van der Waals surface area contributed by atoms with Gasteiger partial charge in [-0.25, -0.2) is 0 Å². The fraction of sp³-hybridized carbons (Fsp3) is 0.167. The van der Waals surface area contributed by atoms with Gasteiger partial charge in [-0.1, -0.05) is 28.1 Å². The lowest BCUT2D eigenvalue weighted by Crippen LogP contribution is -1.96. The molecule has 0 atom stereocenters. The van der Waals surface area contributed by atoms with E-state index in [2.05, 4.69) is 22.0 Å². The van der Waals surface area contributed by atoms with Crippen LogP contribution in [-0.2, 0) is 0 Å². The Balaban J connectivity index is 2.56. The van der Waals surface area contributed by atoms with Crippen LogP contribution in [0.1, 0.15) is 11.1 Å². The van der Waals surface area contributed by atoms with Gasteiger partial charge in [0.2, 0.25) is 0 Å². The van der Waals surface area contributed by atoms with Gasteiger partial charge in [-0.05, 0) is 29.8 Å². The van der Waals surface area contributed by atoms with E-state index < -0.39 is 0 Å². The summed E-state index contributed by atoms with van der Waals surface area (Å²) in [5, 5.41) is 9.55. The van der Waals surface area contributed by atoms with Crippen molar-refractivity contribution in [3.63, 3.8) is 0 Å². The molecule has 0 saturated heterocycles. The Hall–Kier alpha value is -2.45. The van der Waals surface area contributed by atoms with E-state index in [9.17, 15) is 5.26 Å². The third-order valence-electron chi connectivity index (χ3n) is 3.30. The first-order chi connectivity index (χ1) is 11.1. The van der Waals surface area contributed by atoms with Gasteiger partial charge in [-0.3, -0.25) is 0 Å². The molecule has 0 spiro atoms. The minimum Gasteiger partial charge on any atom is -0.496 e. The van der Waals surface area contributed by atoms with Crippen molar-refractivity contribution in [3.05, 3.63) is 52.0 Å². The normalized spacial score (nSPS) is 10.8. The summed E-state index contributed by atoms with van der Waals surface area (Å²) >= 11 is 3.40. The summed E-state index contributed by atoms with van der Waals surface area (Å²) in [7, 11) is 4.66. The third kappa shape index (κ3) is 3.85. The second-order valence-corrected chi connectivity index (χ2v) is 5.54. The van der Waals surface area contributed by atoms with Crippen molar-refractivity contribution in [1.29, 1.82) is 5.26 Å². The second kappa shape index (κ2) is 7.70. The molecule has 0 aromatic heterocycles. The largest absolute Gasteiger partial charge is 0.496 e. The van der Waals surface area contributed by atoms with E-state index in [0.29, 0.717) is 28.4 Å². The van der Waals surface area contributed by atoms with Crippen molar-refractivity contribution in [3.8, 4) is 23.3 Å². The highest BCUT2D eigenvalue weighted by Gasteiger charge is 2.15. The molecule has 0 unspecified atom stereocenters. The number of methoxy groups -OCH3 is 3. The summed E-state index contributed by atoms with van der Waals surface area (Å²) < 4.78 is 17.0. The Morgan fingerprint density at radius 2 is 1.52 bits per heavy atom. The van der Waals surface area contributed by atoms with Crippen LogP contribution in [0.4, 0.5) is 0 Å². The zero-order valence-electron chi connectivity index (χ0n) is 13.1. The van der Waals surface area contributed by atoms with Crippen LogP contribution in [0.5, 0.6) is 17.2 Å². The molecule has 0 heterocycles. The van der Waals surface area contributed by atoms with Gasteiger partial charge >= 0.3 is 0 Å². The Morgan fingerprint density at radius 1 is 0.957 bits per heavy atom. The molecule has 0 aliphatic heterocycles. The van der Waals surface area contributed by atoms with Gasteiger partial charge in [0.05, 0.1) is 33.0 Å². The predicted molar refractivity (Wildman–Crippen MR) is 93.7 cm³/mol. The molecule has 0 bridgehead atoms. The number of allylic oxidation sites excluding steroid dienone is 1. The van der Waals surface area contributed by atoms with Crippen molar-refractivity contribution >= 4 is 27.6 Å². The number of rotatable bonds is 5. The van der Waals surface area contributed by atoms with Crippen molar-refractivity contribution in [2.75, 3.05) is 21.3 Å². The van der Waals surface area contributed by atoms with E-state index in [0.717, 1.165) is 10.0 Å². The summed E-state index contributed by atoms with van der Waals surface area (Å²) in [6.45, 7) is 0. The van der Waals surface area contributed by atoms with E-state index in [1.165, 1.54) is 0 Å². The molecular weight excluding hydrogens is 358 g/mol. The number of halogens is 1. The molecule has 5 heteroatoms. The molecule has 0 amide bonds. The quantitative estimate of drug-likeness (QED) is 0.570. The van der Waals surface area contributed by atoms with Crippen LogP contribution >= 0.6 is 15.9 Å². The standard InChI is InChI=1S/C18H16BrNO3/c1-21-16-10-18(23-3)17(22-2)9-15(16)13(11-20)8-12-4-6-14(19)7-5-12/h4-10H,1-3H3. The van der Waals surface area contributed by atoms with Gasteiger partial charge in [-0.2, -0.15) is 5.26 Å². The number of benzene rings is 2. The molecule has 23 heavy (non-hydrogen) atoms. The van der Waals surface area contributed by atoms with Gasteiger partial charge in [0.15, 0.2) is 11.5 Å². The lowest BCUT2D eigenvalue weighted by atomic mass is 10.0. The topological polar surface area (TPSA) is 51.5 Å². The van der Waals surface area contributed by atoms with E-state index in [1.807, 2.05) is 24.3 Å². The van der Waals surface area contributed by atoms with Gasteiger partial charge in [0, 0.05) is 16.1 Å². The molecule has 2 aromatic carbocycles. The molecule has 2 rings (SSSR count). The van der Waals surface area contributed by atoms with E-state index in [1.54, 1.807) is 39.5 Å². The van der Waals surface area contributed by atoms with E-state index in [4.69, 9.17) is 14.2 Å². The van der Waals surface area contributed by atoms with Crippen LogP contribution in [0.15, 0.2) is 40.9 Å². The highest BCUT2D eigenvalue weighted by Crippen LogP contribution is 2.38. The summed E-state index contributed by atoms with van der Waals surface area (Å²) in [4.78, 5) is 0. The summed E-state index contributed by atoms with van der Waals surface area (Å²) in [6, 6.07) is 13.4. The first kappa shape index (κ1) is 16.9. The van der Waals surface area contributed by atoms with Crippen LogP contribution in [0.3, 0.4) is 0 Å². The number of nitriles is 1. The molecule has 0 fully saturated rings. The monoisotopic (exact) mass is 373 g/mol. The van der Waals surface area contributed by atoms with E-state index >= 15 is 0 Å². The maximum Gasteiger partial charge on any atom is 0.164 e. The molecule has 0 aliphatic rings. The summed E-state index contributed by atoms with van der Waals surface area (Å²) in [6.07, 6.45) is 1.80. The Labute approximate surface area is 144 Å². The van der Waals surface area contributed by atoms with Crippen LogP contribution in [0, 0.1) is 11.3 Å². The van der Waals surface area contributed by atoms with Crippen molar-refractivity contribution in [2.24, 2.45) is 0 Å². The minimum atomic E-state index is 0.477. The van der Waals surface area contributed by atoms with Crippen LogP contribution in [-0.4, -0.2) is 21.3 Å². The van der Waals surface area contributed by atoms with Gasteiger partial charge in [-0.15, -0.1) is 0 Å². The summed E-state index contributed by atoms with van der Waals surface area (Å²) in [5.74, 6) is 1.64. The SMILES string of the molecule is COc1cc(OC)c(C(C#N)=Cc2ccc(Br)cc2)cc1OC. The highest BCUT2D eigenvalue weighted by molar-refractivity contribution is 9.10. The molecule has 0 saturated carbocycles. The second-order valence-electron chi connectivity index (χ2n) is 4.63. The molecule has 4 nitrogen and oxygen atoms in total. The Kier molecular flexibility index (Phi) is 5.67. The van der Waals surface area contributed by atoms with Crippen molar-refractivity contribution in [2.45, 2.75) is 0 Å². The number of hydrogen-bond acceptors (Lipinski definition) is 4. The van der Waals surface area contributed by atoms with Crippen LogP contribution in [0.25, 0.3) is 11.6 Å². The molecule has 0 radical (unpaired) electrons. The summed E-state index contributed by atoms with van der Waals surface area (Å²) in [5.41, 5.74) is 2.04. The van der Waals surface area contributed by atoms with Gasteiger partial charge in [0.25, 0.3) is 0 Å². The predicted octanol–water partition coefficient (Wildman–Crippen LogP) is 4.54. The van der Waals surface area contributed by atoms with Crippen molar-refractivity contribution < 1.29 is 14.2 Å². The number of hydrogen-bond donors (Lipinski definition) is 0. The number of nitrogens with zero attached hydrogens (tertiary/aromatic N) is 1. The third-order valence-corrected chi connectivity index (χ3v) is 3.83. The first-order valence-corrected chi connectivity index (χ1v) is 7.60. The first-order valence-electron chi connectivity index (χ1n) is 6.80. The maximum atomic E-state index is 9.55. The lowest BCUT2D eigenvalue weighted by Gasteiger charge is -2.13. The average Bonchev–Trinajstić information content (AvgIpc) is 2.60. The highest BCUT2D eigenvalue weighted by atomic mass is 79.9. The van der Waals surface area contributed by atoms with Gasteiger partial charge < -0.3 is 14.2 Å². The maximum absolute atomic E-state index is 9.55. The fourth-order valence-electron chi connectivity index (χ4n) is 2.14. The molecule has 0 N–H and O–H groups in total. The average molecular weight is 374 g/mol. The lowest BCUT2D eigenvalue weighted by molar-refractivity contribution is 0.348. The Morgan fingerprint density at radius 3 is 2.04 bits per heavy atom. The molecular formula is C18H16BrNO3. The zero-order chi connectivity index (χ0) is 16.8. The van der Waals surface area contributed by atoms with E-state index in [-0.39, 0.29) is 0 Å². The fourth-order valence-corrected chi connectivity index (χ4v) is 2.40. The van der Waals surface area contributed by atoms with Crippen LogP contribution < -0.4 is 14.2 Å².